The van der Waals surface area contributed by atoms with Gasteiger partial charge < -0.3 is 25.4 Å². The van der Waals surface area contributed by atoms with Gasteiger partial charge in [-0.1, -0.05) is 25.1 Å². The molecule has 33 heavy (non-hydrogen) atoms. The lowest BCUT2D eigenvalue weighted by molar-refractivity contribution is 0.0417. The topological polar surface area (TPSA) is 104 Å². The number of hydrogen-bond acceptors (Lipinski definition) is 7. The second-order valence-corrected chi connectivity index (χ2v) is 9.33. The smallest absolute Gasteiger partial charge is 0.284 e. The molecule has 2 aromatic carbocycles. The standard InChI is InChI=1S/C24H28N4O4S/c1-14-12-28(15(2)13-29)24(31)16-7-6-9-18(21(16)32-19(14)11-25-3)26-22(30)23-27-17-8-4-5-10-20(17)33-23/h4-10,14-15,19,25,29H,11-13H2,1-3H3,(H,26,30)/t14-,15-,19+/m0/s1. The second-order valence-electron chi connectivity index (χ2n) is 8.30. The second kappa shape index (κ2) is 9.86. The first-order valence-electron chi connectivity index (χ1n) is 11.0. The number of ether oxygens (including phenoxy) is 1. The highest BCUT2D eigenvalue weighted by Crippen LogP contribution is 2.35. The minimum atomic E-state index is -0.360. The van der Waals surface area contributed by atoms with Crippen LogP contribution >= 0.6 is 11.3 Å². The maximum absolute atomic E-state index is 13.4. The van der Waals surface area contributed by atoms with Crippen LogP contribution in [0.3, 0.4) is 0 Å². The van der Waals surface area contributed by atoms with Gasteiger partial charge in [-0.3, -0.25) is 9.59 Å². The van der Waals surface area contributed by atoms with Gasteiger partial charge in [0.1, 0.15) is 6.10 Å². The summed E-state index contributed by atoms with van der Waals surface area (Å²) >= 11 is 1.31. The summed E-state index contributed by atoms with van der Waals surface area (Å²) in [5, 5.41) is 16.1. The van der Waals surface area contributed by atoms with Gasteiger partial charge in [0, 0.05) is 19.0 Å². The number of benzene rings is 2. The number of aliphatic hydroxyl groups excluding tert-OH is 1. The molecule has 0 radical (unpaired) electrons. The Morgan fingerprint density at radius 1 is 1.30 bits per heavy atom. The van der Waals surface area contributed by atoms with Gasteiger partial charge >= 0.3 is 0 Å². The summed E-state index contributed by atoms with van der Waals surface area (Å²) in [6.07, 6.45) is -0.240. The van der Waals surface area contributed by atoms with E-state index < -0.39 is 0 Å². The summed E-state index contributed by atoms with van der Waals surface area (Å²) in [6, 6.07) is 12.4. The van der Waals surface area contributed by atoms with Gasteiger partial charge in [-0.15, -0.1) is 11.3 Å². The van der Waals surface area contributed by atoms with Crippen molar-refractivity contribution < 1.29 is 19.4 Å². The zero-order valence-electron chi connectivity index (χ0n) is 18.9. The third kappa shape index (κ3) is 4.71. The van der Waals surface area contributed by atoms with Crippen molar-refractivity contribution in [1.29, 1.82) is 0 Å². The van der Waals surface area contributed by atoms with E-state index in [1.54, 1.807) is 23.1 Å². The zero-order valence-corrected chi connectivity index (χ0v) is 19.7. The molecule has 8 nitrogen and oxygen atoms in total. The minimum Gasteiger partial charge on any atom is -0.486 e. The molecule has 2 amide bonds. The molecule has 0 spiro atoms. The molecule has 9 heteroatoms. The first kappa shape index (κ1) is 23.2. The Bertz CT molecular complexity index is 1130. The number of fused-ring (bicyclic) bond motifs is 2. The number of carbonyl (C=O) groups is 2. The molecule has 3 atom stereocenters. The summed E-state index contributed by atoms with van der Waals surface area (Å²) in [4.78, 5) is 32.6. The van der Waals surface area contributed by atoms with Crippen molar-refractivity contribution in [2.45, 2.75) is 26.0 Å². The van der Waals surface area contributed by atoms with Crippen LogP contribution in [0.2, 0.25) is 0 Å². The van der Waals surface area contributed by atoms with Crippen molar-refractivity contribution in [1.82, 2.24) is 15.2 Å². The summed E-state index contributed by atoms with van der Waals surface area (Å²) in [5.74, 6) is -0.269. The number of thiazole rings is 1. The van der Waals surface area contributed by atoms with E-state index in [1.807, 2.05) is 45.2 Å². The van der Waals surface area contributed by atoms with E-state index in [-0.39, 0.29) is 36.5 Å². The van der Waals surface area contributed by atoms with Crippen molar-refractivity contribution in [2.75, 3.05) is 32.1 Å². The number of carbonyl (C=O) groups excluding carboxylic acids is 2. The van der Waals surface area contributed by atoms with Crippen LogP contribution in [0, 0.1) is 5.92 Å². The molecular formula is C24H28N4O4S. The first-order chi connectivity index (χ1) is 15.9. The molecule has 0 aliphatic carbocycles. The highest BCUT2D eigenvalue weighted by atomic mass is 32.1. The zero-order chi connectivity index (χ0) is 23.5. The van der Waals surface area contributed by atoms with Crippen molar-refractivity contribution >= 4 is 39.1 Å². The Hall–Kier alpha value is -3.01. The maximum Gasteiger partial charge on any atom is 0.284 e. The van der Waals surface area contributed by atoms with E-state index >= 15 is 0 Å². The summed E-state index contributed by atoms with van der Waals surface area (Å²) in [6.45, 7) is 4.71. The normalized spacial score (nSPS) is 19.4. The monoisotopic (exact) mass is 468 g/mol. The van der Waals surface area contributed by atoms with Crippen molar-refractivity contribution in [3.63, 3.8) is 0 Å². The van der Waals surface area contributed by atoms with Crippen LogP contribution in [0.15, 0.2) is 42.5 Å². The molecule has 1 aliphatic heterocycles. The minimum absolute atomic E-state index is 0.00318. The number of anilines is 1. The molecule has 0 fully saturated rings. The first-order valence-corrected chi connectivity index (χ1v) is 11.8. The molecule has 4 rings (SSSR count). The van der Waals surface area contributed by atoms with Crippen molar-refractivity contribution in [3.05, 3.63) is 53.0 Å². The Morgan fingerprint density at radius 2 is 2.09 bits per heavy atom. The number of aromatic nitrogens is 1. The number of likely N-dealkylation sites (N-methyl/N-ethyl adjacent to an activating group) is 1. The Morgan fingerprint density at radius 3 is 2.82 bits per heavy atom. The fraction of sp³-hybridized carbons (Fsp3) is 0.375. The van der Waals surface area contributed by atoms with E-state index in [9.17, 15) is 14.7 Å². The van der Waals surface area contributed by atoms with Crippen LogP contribution in [0.1, 0.15) is 34.0 Å². The van der Waals surface area contributed by atoms with Crippen molar-refractivity contribution in [3.8, 4) is 5.75 Å². The molecular weight excluding hydrogens is 440 g/mol. The maximum atomic E-state index is 13.4. The fourth-order valence-electron chi connectivity index (χ4n) is 3.93. The largest absolute Gasteiger partial charge is 0.486 e. The van der Waals surface area contributed by atoms with E-state index in [2.05, 4.69) is 15.6 Å². The molecule has 0 saturated carbocycles. The van der Waals surface area contributed by atoms with Gasteiger partial charge in [-0.2, -0.15) is 0 Å². The van der Waals surface area contributed by atoms with Gasteiger partial charge in [0.2, 0.25) is 0 Å². The number of amides is 2. The summed E-state index contributed by atoms with van der Waals surface area (Å²) in [5.41, 5.74) is 1.53. The molecule has 3 aromatic rings. The van der Waals surface area contributed by atoms with Crippen LogP contribution in [-0.4, -0.2) is 65.7 Å². The highest BCUT2D eigenvalue weighted by molar-refractivity contribution is 7.20. The molecule has 3 N–H and O–H groups in total. The molecule has 1 aliphatic rings. The van der Waals surface area contributed by atoms with Gasteiger partial charge in [0.05, 0.1) is 34.1 Å². The number of rotatable bonds is 6. The average molecular weight is 469 g/mol. The number of nitrogens with zero attached hydrogens (tertiary/aromatic N) is 2. The van der Waals surface area contributed by atoms with Gasteiger partial charge in [0.25, 0.3) is 11.8 Å². The summed E-state index contributed by atoms with van der Waals surface area (Å²) < 4.78 is 7.27. The van der Waals surface area contributed by atoms with E-state index in [4.69, 9.17) is 4.74 Å². The van der Waals surface area contributed by atoms with Crippen LogP contribution in [0.5, 0.6) is 5.75 Å². The predicted octanol–water partition coefficient (Wildman–Crippen LogP) is 2.99. The fourth-order valence-corrected chi connectivity index (χ4v) is 4.79. The van der Waals surface area contributed by atoms with Crippen LogP contribution < -0.4 is 15.4 Å². The molecule has 0 unspecified atom stereocenters. The van der Waals surface area contributed by atoms with Crippen LogP contribution in [0.25, 0.3) is 10.2 Å². The molecule has 174 valence electrons. The number of para-hydroxylation sites is 2. The Labute approximate surface area is 196 Å². The molecule has 0 bridgehead atoms. The molecule has 2 heterocycles. The van der Waals surface area contributed by atoms with E-state index in [0.717, 1.165) is 10.2 Å². The van der Waals surface area contributed by atoms with Crippen LogP contribution in [0.4, 0.5) is 5.69 Å². The molecule has 1 aromatic heterocycles. The number of hydrogen-bond donors (Lipinski definition) is 3. The highest BCUT2D eigenvalue weighted by Gasteiger charge is 2.34. The number of aliphatic hydroxyl groups is 1. The Kier molecular flexibility index (Phi) is 6.92. The molecule has 0 saturated heterocycles. The van der Waals surface area contributed by atoms with Gasteiger partial charge in [-0.25, -0.2) is 4.98 Å². The lowest BCUT2D eigenvalue weighted by Crippen LogP contribution is -2.49. The van der Waals surface area contributed by atoms with Gasteiger partial charge in [0.15, 0.2) is 10.8 Å². The Balaban J connectivity index is 1.72. The third-order valence-corrected chi connectivity index (χ3v) is 6.87. The van der Waals surface area contributed by atoms with Gasteiger partial charge in [-0.05, 0) is 38.2 Å². The van der Waals surface area contributed by atoms with E-state index in [1.165, 1.54) is 11.3 Å². The summed E-state index contributed by atoms with van der Waals surface area (Å²) in [7, 11) is 1.84. The third-order valence-electron chi connectivity index (χ3n) is 5.83. The van der Waals surface area contributed by atoms with E-state index in [0.29, 0.717) is 35.1 Å². The predicted molar refractivity (Wildman–Crippen MR) is 129 cm³/mol. The van der Waals surface area contributed by atoms with Crippen LogP contribution in [-0.2, 0) is 0 Å². The lowest BCUT2D eigenvalue weighted by atomic mass is 9.99. The number of nitrogens with one attached hydrogen (secondary N) is 2. The SMILES string of the molecule is CNC[C@H]1Oc2c(NC(=O)c3nc4ccccc4s3)cccc2C(=O)N([C@@H](C)CO)C[C@@H]1C. The quantitative estimate of drug-likeness (QED) is 0.514. The average Bonchev–Trinajstić information content (AvgIpc) is 3.26. The van der Waals surface area contributed by atoms with Crippen molar-refractivity contribution in [2.24, 2.45) is 5.92 Å². The lowest BCUT2D eigenvalue weighted by Gasteiger charge is -2.37.